The Morgan fingerprint density at radius 1 is 1.27 bits per heavy atom. The van der Waals surface area contributed by atoms with Crippen molar-refractivity contribution in [1.29, 1.82) is 0 Å². The third kappa shape index (κ3) is 4.48. The van der Waals surface area contributed by atoms with Crippen molar-refractivity contribution in [2.45, 2.75) is 25.4 Å². The number of carbonyl (C=O) groups is 1. The molecule has 0 aromatic heterocycles. The minimum absolute atomic E-state index is 0.149. The number of nitrogen functional groups attached to an aromatic ring is 1. The maximum atomic E-state index is 12.6. The summed E-state index contributed by atoms with van der Waals surface area (Å²) in [5.74, 6) is 0.259. The average Bonchev–Trinajstić information content (AvgIpc) is 2.66. The van der Waals surface area contributed by atoms with E-state index in [9.17, 15) is 4.79 Å². The highest BCUT2D eigenvalue weighted by molar-refractivity contribution is 6.33. The Morgan fingerprint density at radius 3 is 2.62 bits per heavy atom. The summed E-state index contributed by atoms with van der Waals surface area (Å²) in [5.41, 5.74) is 7.94. The van der Waals surface area contributed by atoms with Crippen molar-refractivity contribution in [2.75, 3.05) is 25.9 Å². The van der Waals surface area contributed by atoms with Gasteiger partial charge in [-0.15, -0.1) is 0 Å². The van der Waals surface area contributed by atoms with E-state index in [1.165, 1.54) is 12.7 Å². The van der Waals surface area contributed by atoms with Gasteiger partial charge in [-0.1, -0.05) is 41.9 Å². The van der Waals surface area contributed by atoms with Crippen LogP contribution in [-0.4, -0.2) is 37.0 Å². The third-order valence-corrected chi connectivity index (χ3v) is 5.06. The molecule has 26 heavy (non-hydrogen) atoms. The second-order valence-corrected chi connectivity index (χ2v) is 6.99. The molecule has 0 atom stereocenters. The van der Waals surface area contributed by atoms with Crippen LogP contribution in [0.2, 0.25) is 5.02 Å². The van der Waals surface area contributed by atoms with Crippen molar-refractivity contribution in [3.8, 4) is 5.75 Å². The number of piperidine rings is 1. The summed E-state index contributed by atoms with van der Waals surface area (Å²) in [6.45, 7) is 2.86. The number of rotatable bonds is 5. The van der Waals surface area contributed by atoms with Crippen LogP contribution in [0.4, 0.5) is 5.69 Å². The molecule has 1 aliphatic heterocycles. The number of halogens is 1. The topological polar surface area (TPSA) is 67.6 Å². The summed E-state index contributed by atoms with van der Waals surface area (Å²) in [6, 6.07) is 13.7. The van der Waals surface area contributed by atoms with E-state index >= 15 is 0 Å². The number of benzene rings is 2. The molecule has 0 unspecified atom stereocenters. The largest absolute Gasteiger partial charge is 0.496 e. The predicted octanol–water partition coefficient (Wildman–Crippen LogP) is 3.33. The number of carbonyl (C=O) groups excluding carboxylic acids is 1. The molecule has 6 heteroatoms. The van der Waals surface area contributed by atoms with Gasteiger partial charge in [0.25, 0.3) is 5.91 Å². The van der Waals surface area contributed by atoms with Crippen LogP contribution in [0.3, 0.4) is 0 Å². The first kappa shape index (κ1) is 18.5. The van der Waals surface area contributed by atoms with Gasteiger partial charge >= 0.3 is 0 Å². The summed E-state index contributed by atoms with van der Waals surface area (Å²) in [4.78, 5) is 15.0. The van der Waals surface area contributed by atoms with Crippen LogP contribution in [0.15, 0.2) is 42.5 Å². The van der Waals surface area contributed by atoms with E-state index in [0.29, 0.717) is 22.0 Å². The van der Waals surface area contributed by atoms with E-state index in [1.807, 2.05) is 6.07 Å². The summed E-state index contributed by atoms with van der Waals surface area (Å²) in [6.07, 6.45) is 1.84. The normalized spacial score (nSPS) is 15.6. The number of amides is 1. The molecule has 0 spiro atoms. The Labute approximate surface area is 159 Å². The molecule has 2 aromatic carbocycles. The lowest BCUT2D eigenvalue weighted by Gasteiger charge is -2.32. The van der Waals surface area contributed by atoms with Crippen molar-refractivity contribution in [3.05, 3.63) is 58.6 Å². The molecule has 1 saturated heterocycles. The minimum atomic E-state index is -0.174. The molecular weight excluding hydrogens is 350 g/mol. The van der Waals surface area contributed by atoms with Crippen molar-refractivity contribution >= 4 is 23.2 Å². The van der Waals surface area contributed by atoms with E-state index in [1.54, 1.807) is 12.1 Å². The number of ether oxygens (including phenoxy) is 1. The molecule has 5 nitrogen and oxygen atoms in total. The molecule has 0 aliphatic carbocycles. The van der Waals surface area contributed by atoms with Crippen molar-refractivity contribution < 1.29 is 9.53 Å². The van der Waals surface area contributed by atoms with Crippen LogP contribution in [0.1, 0.15) is 28.8 Å². The second-order valence-electron chi connectivity index (χ2n) is 6.58. The van der Waals surface area contributed by atoms with Crippen LogP contribution in [-0.2, 0) is 6.54 Å². The second kappa shape index (κ2) is 8.43. The van der Waals surface area contributed by atoms with Crippen molar-refractivity contribution in [3.63, 3.8) is 0 Å². The lowest BCUT2D eigenvalue weighted by molar-refractivity contribution is 0.0906. The summed E-state index contributed by atoms with van der Waals surface area (Å²) in [5, 5.41) is 3.48. The van der Waals surface area contributed by atoms with Crippen LogP contribution >= 0.6 is 11.6 Å². The Balaban J connectivity index is 1.56. The quantitative estimate of drug-likeness (QED) is 0.789. The van der Waals surface area contributed by atoms with Gasteiger partial charge in [0, 0.05) is 31.7 Å². The summed E-state index contributed by atoms with van der Waals surface area (Å²) in [7, 11) is 1.51. The summed E-state index contributed by atoms with van der Waals surface area (Å²) >= 11 is 6.00. The lowest BCUT2D eigenvalue weighted by atomic mass is 10.0. The number of nitrogens with one attached hydrogen (secondary N) is 1. The van der Waals surface area contributed by atoms with Gasteiger partial charge in [0.15, 0.2) is 0 Å². The van der Waals surface area contributed by atoms with E-state index in [2.05, 4.69) is 34.5 Å². The first-order valence-corrected chi connectivity index (χ1v) is 9.14. The maximum Gasteiger partial charge on any atom is 0.255 e. The zero-order valence-corrected chi connectivity index (χ0v) is 15.6. The molecular formula is C20H24ClN3O2. The zero-order chi connectivity index (χ0) is 18.5. The Bertz CT molecular complexity index is 759. The predicted molar refractivity (Wildman–Crippen MR) is 105 cm³/mol. The number of anilines is 1. The monoisotopic (exact) mass is 373 g/mol. The number of nitrogens with two attached hydrogens (primary N) is 1. The smallest absolute Gasteiger partial charge is 0.255 e. The van der Waals surface area contributed by atoms with Gasteiger partial charge in [0.05, 0.1) is 23.4 Å². The minimum Gasteiger partial charge on any atom is -0.496 e. The zero-order valence-electron chi connectivity index (χ0n) is 14.9. The standard InChI is InChI=1S/C20H24ClN3O2/c1-26-19-12-17(21)18(22)11-16(19)20(25)23-15-7-9-24(10-8-15)13-14-5-3-2-4-6-14/h2-6,11-12,15H,7-10,13,22H2,1H3,(H,23,25). The molecule has 138 valence electrons. The van der Waals surface area contributed by atoms with Gasteiger partial charge in [0.1, 0.15) is 5.75 Å². The number of likely N-dealkylation sites (tertiary alicyclic amines) is 1. The van der Waals surface area contributed by atoms with Crippen molar-refractivity contribution in [2.24, 2.45) is 0 Å². The van der Waals surface area contributed by atoms with Gasteiger partial charge in [-0.25, -0.2) is 0 Å². The Hall–Kier alpha value is -2.24. The highest BCUT2D eigenvalue weighted by Crippen LogP contribution is 2.29. The Kier molecular flexibility index (Phi) is 6.01. The number of nitrogens with zero attached hydrogens (tertiary/aromatic N) is 1. The number of methoxy groups -OCH3 is 1. The molecule has 3 rings (SSSR count). The average molecular weight is 374 g/mol. The Morgan fingerprint density at radius 2 is 1.96 bits per heavy atom. The first-order valence-electron chi connectivity index (χ1n) is 8.77. The van der Waals surface area contributed by atoms with E-state index in [-0.39, 0.29) is 11.9 Å². The molecule has 0 radical (unpaired) electrons. The van der Waals surface area contributed by atoms with Gasteiger partial charge in [-0.3, -0.25) is 9.69 Å². The molecule has 0 bridgehead atoms. The van der Waals surface area contributed by atoms with Crippen LogP contribution in [0.5, 0.6) is 5.75 Å². The molecule has 0 saturated carbocycles. The van der Waals surface area contributed by atoms with Gasteiger partial charge in [-0.05, 0) is 24.5 Å². The molecule has 1 amide bonds. The molecule has 3 N–H and O–H groups in total. The van der Waals surface area contributed by atoms with Gasteiger partial charge in [-0.2, -0.15) is 0 Å². The number of hydrogen-bond acceptors (Lipinski definition) is 4. The fourth-order valence-corrected chi connectivity index (χ4v) is 3.41. The summed E-state index contributed by atoms with van der Waals surface area (Å²) < 4.78 is 5.27. The number of hydrogen-bond donors (Lipinski definition) is 2. The maximum absolute atomic E-state index is 12.6. The van der Waals surface area contributed by atoms with Crippen LogP contribution < -0.4 is 15.8 Å². The van der Waals surface area contributed by atoms with E-state index in [4.69, 9.17) is 22.1 Å². The highest BCUT2D eigenvalue weighted by Gasteiger charge is 2.23. The molecule has 1 aliphatic rings. The molecule has 1 heterocycles. The SMILES string of the molecule is COc1cc(Cl)c(N)cc1C(=O)NC1CCN(Cc2ccccc2)CC1. The van der Waals surface area contributed by atoms with Crippen LogP contribution in [0, 0.1) is 0 Å². The fourth-order valence-electron chi connectivity index (χ4n) is 3.26. The first-order chi connectivity index (χ1) is 12.6. The third-order valence-electron chi connectivity index (χ3n) is 4.74. The van der Waals surface area contributed by atoms with Crippen LogP contribution in [0.25, 0.3) is 0 Å². The molecule has 2 aromatic rings. The van der Waals surface area contributed by atoms with E-state index in [0.717, 1.165) is 32.5 Å². The highest BCUT2D eigenvalue weighted by atomic mass is 35.5. The van der Waals surface area contributed by atoms with Gasteiger partial charge < -0.3 is 15.8 Å². The fraction of sp³-hybridized carbons (Fsp3) is 0.350. The molecule has 1 fully saturated rings. The van der Waals surface area contributed by atoms with E-state index < -0.39 is 0 Å². The lowest BCUT2D eigenvalue weighted by Crippen LogP contribution is -2.44. The van der Waals surface area contributed by atoms with Crippen molar-refractivity contribution in [1.82, 2.24) is 10.2 Å². The van der Waals surface area contributed by atoms with Gasteiger partial charge in [0.2, 0.25) is 0 Å².